The third kappa shape index (κ3) is 4.98. The van der Waals surface area contributed by atoms with Crippen LogP contribution in [0.5, 0.6) is 5.75 Å². The van der Waals surface area contributed by atoms with E-state index < -0.39 is 17.6 Å². The Labute approximate surface area is 148 Å². The largest absolute Gasteiger partial charge is 0.497 e. The topological polar surface area (TPSA) is 67.4 Å². The van der Waals surface area contributed by atoms with Crippen LogP contribution in [0.4, 0.5) is 18.9 Å². The lowest BCUT2D eigenvalue weighted by Crippen LogP contribution is -2.24. The molecule has 2 amide bonds. The number of anilines is 1. The first-order valence-corrected chi connectivity index (χ1v) is 7.60. The summed E-state index contributed by atoms with van der Waals surface area (Å²) in [6.45, 7) is 1.07. The van der Waals surface area contributed by atoms with E-state index in [-0.39, 0.29) is 29.3 Å². The van der Waals surface area contributed by atoms with Crippen LogP contribution in [0.25, 0.3) is 0 Å². The van der Waals surface area contributed by atoms with Crippen LogP contribution in [-0.2, 0) is 17.5 Å². The maximum Gasteiger partial charge on any atom is 0.416 e. The van der Waals surface area contributed by atoms with Crippen molar-refractivity contribution >= 4 is 17.5 Å². The van der Waals surface area contributed by atoms with Crippen molar-refractivity contribution in [1.82, 2.24) is 5.32 Å². The van der Waals surface area contributed by atoms with Crippen LogP contribution >= 0.6 is 0 Å². The summed E-state index contributed by atoms with van der Waals surface area (Å²) in [6.07, 6.45) is -4.56. The third-order valence-corrected chi connectivity index (χ3v) is 3.53. The highest BCUT2D eigenvalue weighted by atomic mass is 19.4. The summed E-state index contributed by atoms with van der Waals surface area (Å²) in [5.41, 5.74) is -0.149. The van der Waals surface area contributed by atoms with Crippen LogP contribution in [0.2, 0.25) is 0 Å². The van der Waals surface area contributed by atoms with E-state index in [2.05, 4.69) is 10.6 Å². The summed E-state index contributed by atoms with van der Waals surface area (Å²) >= 11 is 0. The molecule has 5 nitrogen and oxygen atoms in total. The first kappa shape index (κ1) is 19.3. The molecule has 0 fully saturated rings. The van der Waals surface area contributed by atoms with Crippen molar-refractivity contribution in [3.63, 3.8) is 0 Å². The van der Waals surface area contributed by atoms with Gasteiger partial charge in [0, 0.05) is 24.7 Å². The maximum absolute atomic E-state index is 13.2. The van der Waals surface area contributed by atoms with E-state index in [0.717, 1.165) is 6.07 Å². The van der Waals surface area contributed by atoms with Crippen molar-refractivity contribution in [2.45, 2.75) is 19.6 Å². The molecule has 0 heterocycles. The first-order chi connectivity index (χ1) is 12.2. The van der Waals surface area contributed by atoms with Gasteiger partial charge in [-0.25, -0.2) is 0 Å². The maximum atomic E-state index is 13.2. The number of hydrogen-bond donors (Lipinski definition) is 2. The number of alkyl halides is 3. The molecule has 0 saturated carbocycles. The second-order valence-electron chi connectivity index (χ2n) is 5.46. The van der Waals surface area contributed by atoms with Crippen molar-refractivity contribution in [2.24, 2.45) is 0 Å². The van der Waals surface area contributed by atoms with Crippen molar-refractivity contribution in [3.05, 3.63) is 59.2 Å². The van der Waals surface area contributed by atoms with Gasteiger partial charge in [-0.3, -0.25) is 9.59 Å². The van der Waals surface area contributed by atoms with Crippen LogP contribution in [-0.4, -0.2) is 18.9 Å². The summed E-state index contributed by atoms with van der Waals surface area (Å²) in [5, 5.41) is 5.01. The molecule has 0 aliphatic carbocycles. The first-order valence-electron chi connectivity index (χ1n) is 7.60. The van der Waals surface area contributed by atoms with E-state index in [1.807, 2.05) is 0 Å². The molecule has 26 heavy (non-hydrogen) atoms. The lowest BCUT2D eigenvalue weighted by molar-refractivity contribution is -0.138. The quantitative estimate of drug-likeness (QED) is 0.850. The van der Waals surface area contributed by atoms with Crippen molar-refractivity contribution in [3.8, 4) is 5.75 Å². The Morgan fingerprint density at radius 3 is 2.27 bits per heavy atom. The van der Waals surface area contributed by atoms with E-state index in [1.165, 1.54) is 50.4 Å². The summed E-state index contributed by atoms with van der Waals surface area (Å²) in [6, 6.07) is 9.57. The number of benzene rings is 2. The van der Waals surface area contributed by atoms with Gasteiger partial charge in [0.2, 0.25) is 5.91 Å². The Kier molecular flexibility index (Phi) is 5.86. The molecule has 0 aromatic heterocycles. The number of methoxy groups -OCH3 is 1. The number of carbonyl (C=O) groups is 2. The average Bonchev–Trinajstić information content (AvgIpc) is 2.59. The Bertz CT molecular complexity index is 802. The summed E-state index contributed by atoms with van der Waals surface area (Å²) in [7, 11) is 1.28. The van der Waals surface area contributed by atoms with Gasteiger partial charge in [-0.2, -0.15) is 13.2 Å². The van der Waals surface area contributed by atoms with Crippen LogP contribution in [0.3, 0.4) is 0 Å². The number of ether oxygens (including phenoxy) is 1. The molecule has 0 unspecified atom stereocenters. The second-order valence-corrected chi connectivity index (χ2v) is 5.46. The van der Waals surface area contributed by atoms with Gasteiger partial charge in [-0.05, 0) is 42.0 Å². The van der Waals surface area contributed by atoms with E-state index in [9.17, 15) is 22.8 Å². The predicted molar refractivity (Wildman–Crippen MR) is 89.9 cm³/mol. The van der Waals surface area contributed by atoms with Gasteiger partial charge < -0.3 is 15.4 Å². The molecule has 0 spiro atoms. The zero-order valence-corrected chi connectivity index (χ0v) is 14.1. The molecule has 0 aliphatic rings. The number of carbonyl (C=O) groups excluding carboxylic acids is 2. The summed E-state index contributed by atoms with van der Waals surface area (Å²) in [5.74, 6) is -0.689. The number of nitrogens with one attached hydrogen (secondary N) is 2. The van der Waals surface area contributed by atoms with Gasteiger partial charge in [0.25, 0.3) is 5.91 Å². The van der Waals surface area contributed by atoms with E-state index in [0.29, 0.717) is 5.69 Å². The fourth-order valence-electron chi connectivity index (χ4n) is 2.29. The smallest absolute Gasteiger partial charge is 0.416 e. The highest BCUT2D eigenvalue weighted by Crippen LogP contribution is 2.34. The van der Waals surface area contributed by atoms with Crippen molar-refractivity contribution < 1.29 is 27.5 Å². The number of amides is 2. The fraction of sp³-hybridized carbons (Fsp3) is 0.222. The lowest BCUT2D eigenvalue weighted by atomic mass is 10.1. The highest BCUT2D eigenvalue weighted by Gasteiger charge is 2.33. The molecule has 0 bridgehead atoms. The van der Waals surface area contributed by atoms with Gasteiger partial charge in [-0.1, -0.05) is 6.07 Å². The van der Waals surface area contributed by atoms with Gasteiger partial charge >= 0.3 is 6.18 Å². The normalized spacial score (nSPS) is 11.0. The van der Waals surface area contributed by atoms with Crippen LogP contribution in [0.1, 0.15) is 28.4 Å². The Morgan fingerprint density at radius 2 is 1.73 bits per heavy atom. The Balaban J connectivity index is 2.10. The third-order valence-electron chi connectivity index (χ3n) is 3.53. The minimum Gasteiger partial charge on any atom is -0.497 e. The molecule has 2 N–H and O–H groups in total. The van der Waals surface area contributed by atoms with E-state index >= 15 is 0 Å². The lowest BCUT2D eigenvalue weighted by Gasteiger charge is -2.15. The van der Waals surface area contributed by atoms with E-state index in [4.69, 9.17) is 4.74 Å². The Morgan fingerprint density at radius 1 is 1.08 bits per heavy atom. The predicted octanol–water partition coefficient (Wildman–Crippen LogP) is 3.60. The molecule has 8 heteroatoms. The number of hydrogen-bond acceptors (Lipinski definition) is 3. The average molecular weight is 366 g/mol. The molecule has 0 atom stereocenters. The minimum absolute atomic E-state index is 0.0680. The summed E-state index contributed by atoms with van der Waals surface area (Å²) in [4.78, 5) is 23.1. The zero-order valence-electron chi connectivity index (χ0n) is 14.1. The highest BCUT2D eigenvalue weighted by molar-refractivity contribution is 5.95. The summed E-state index contributed by atoms with van der Waals surface area (Å²) < 4.78 is 44.3. The van der Waals surface area contributed by atoms with Gasteiger partial charge in [0.05, 0.1) is 12.7 Å². The monoisotopic (exact) mass is 366 g/mol. The molecule has 2 rings (SSSR count). The van der Waals surface area contributed by atoms with Gasteiger partial charge in [0.15, 0.2) is 0 Å². The molecule has 0 radical (unpaired) electrons. The number of rotatable bonds is 5. The van der Waals surface area contributed by atoms with E-state index in [1.54, 1.807) is 0 Å². The molecule has 2 aromatic rings. The van der Waals surface area contributed by atoms with Crippen molar-refractivity contribution in [2.75, 3.05) is 12.4 Å². The minimum atomic E-state index is -4.56. The molecule has 0 saturated heterocycles. The zero-order chi connectivity index (χ0) is 19.3. The van der Waals surface area contributed by atoms with Crippen molar-refractivity contribution in [1.29, 1.82) is 0 Å². The van der Waals surface area contributed by atoms with Gasteiger partial charge in [-0.15, -0.1) is 0 Å². The van der Waals surface area contributed by atoms with Crippen LogP contribution in [0.15, 0.2) is 42.5 Å². The van der Waals surface area contributed by atoms with Crippen LogP contribution < -0.4 is 15.4 Å². The second kappa shape index (κ2) is 7.90. The molecule has 2 aromatic carbocycles. The molecular weight excluding hydrogens is 349 g/mol. The SMILES string of the molecule is COc1ccc(CNC(=O)c2ccc(NC(C)=O)cc2)c(C(F)(F)F)c1. The van der Waals surface area contributed by atoms with Gasteiger partial charge in [0.1, 0.15) is 5.75 Å². The Hall–Kier alpha value is -3.03. The fourth-order valence-corrected chi connectivity index (χ4v) is 2.29. The molecule has 0 aliphatic heterocycles. The molecular formula is C18H17F3N2O3. The standard InChI is InChI=1S/C18H17F3N2O3/c1-11(24)23-14-6-3-12(4-7-14)17(25)22-10-13-5-8-15(26-2)9-16(13)18(19,20)21/h3-9H,10H2,1-2H3,(H,22,25)(H,23,24). The molecule has 138 valence electrons. The number of halogens is 3. The van der Waals surface area contributed by atoms with Crippen LogP contribution in [0, 0.1) is 0 Å².